The summed E-state index contributed by atoms with van der Waals surface area (Å²) in [6, 6.07) is 12.7. The summed E-state index contributed by atoms with van der Waals surface area (Å²) >= 11 is 3.29. The van der Waals surface area contributed by atoms with E-state index in [2.05, 4.69) is 15.9 Å². The van der Waals surface area contributed by atoms with Gasteiger partial charge in [0.05, 0.1) is 7.11 Å². The zero-order valence-electron chi connectivity index (χ0n) is 11.5. The van der Waals surface area contributed by atoms with E-state index in [4.69, 9.17) is 14.2 Å². The van der Waals surface area contributed by atoms with Gasteiger partial charge in [0.1, 0.15) is 19.0 Å². The van der Waals surface area contributed by atoms with Crippen LogP contribution in [0.25, 0.3) is 0 Å². The predicted octanol–water partition coefficient (Wildman–Crippen LogP) is 3.73. The number of hydrogen-bond donors (Lipinski definition) is 0. The quantitative estimate of drug-likeness (QED) is 0.563. The maximum absolute atomic E-state index is 10.8. The number of aldehydes is 1. The lowest BCUT2D eigenvalue weighted by Crippen LogP contribution is -2.09. The van der Waals surface area contributed by atoms with Crippen molar-refractivity contribution in [3.63, 3.8) is 0 Å². The third-order valence-electron chi connectivity index (χ3n) is 2.77. The van der Waals surface area contributed by atoms with Gasteiger partial charge in [0, 0.05) is 10.0 Å². The Hall–Kier alpha value is -2.01. The van der Waals surface area contributed by atoms with Crippen molar-refractivity contribution >= 4 is 22.2 Å². The summed E-state index contributed by atoms with van der Waals surface area (Å²) in [5, 5.41) is 0. The Bertz CT molecular complexity index is 613. The maximum Gasteiger partial charge on any atom is 0.161 e. The Morgan fingerprint density at radius 1 is 1.05 bits per heavy atom. The average Bonchev–Trinajstić information content (AvgIpc) is 2.53. The Balaban J connectivity index is 1.86. The molecule has 0 aliphatic heterocycles. The normalized spacial score (nSPS) is 10.0. The van der Waals surface area contributed by atoms with Crippen LogP contribution in [-0.2, 0) is 0 Å². The molecule has 2 aromatic carbocycles. The molecular weight excluding hydrogens is 336 g/mol. The second-order valence-electron chi connectivity index (χ2n) is 4.15. The lowest BCUT2D eigenvalue weighted by atomic mass is 10.2. The van der Waals surface area contributed by atoms with Crippen LogP contribution >= 0.6 is 15.9 Å². The van der Waals surface area contributed by atoms with Crippen molar-refractivity contribution in [2.24, 2.45) is 0 Å². The van der Waals surface area contributed by atoms with Gasteiger partial charge in [-0.05, 0) is 30.3 Å². The van der Waals surface area contributed by atoms with E-state index in [1.54, 1.807) is 25.3 Å². The van der Waals surface area contributed by atoms with Gasteiger partial charge in [-0.2, -0.15) is 0 Å². The number of carbonyl (C=O) groups excluding carboxylic acids is 1. The molecule has 4 nitrogen and oxygen atoms in total. The highest BCUT2D eigenvalue weighted by Crippen LogP contribution is 2.25. The van der Waals surface area contributed by atoms with E-state index in [1.165, 1.54) is 0 Å². The summed E-state index contributed by atoms with van der Waals surface area (Å²) in [6.07, 6.45) is 0.780. The molecule has 0 atom stereocenters. The molecule has 0 aliphatic rings. The van der Waals surface area contributed by atoms with E-state index in [0.29, 0.717) is 36.0 Å². The third kappa shape index (κ3) is 4.23. The first-order valence-electron chi connectivity index (χ1n) is 6.38. The standard InChI is InChI=1S/C16H15BrO4/c1-19-15-4-2-3-5-16(15)21-9-8-20-13-6-7-14(17)12(10-13)11-18/h2-7,10-11H,8-9H2,1H3. The van der Waals surface area contributed by atoms with Crippen LogP contribution in [0, 0.1) is 0 Å². The van der Waals surface area contributed by atoms with Gasteiger partial charge in [-0.3, -0.25) is 4.79 Å². The van der Waals surface area contributed by atoms with Gasteiger partial charge < -0.3 is 14.2 Å². The van der Waals surface area contributed by atoms with Gasteiger partial charge in [0.15, 0.2) is 17.8 Å². The smallest absolute Gasteiger partial charge is 0.161 e. The van der Waals surface area contributed by atoms with Crippen LogP contribution in [0.5, 0.6) is 17.2 Å². The predicted molar refractivity (Wildman–Crippen MR) is 83.5 cm³/mol. The summed E-state index contributed by atoms with van der Waals surface area (Å²) in [5.41, 5.74) is 0.554. The second kappa shape index (κ2) is 7.69. The molecular formula is C16H15BrO4. The van der Waals surface area contributed by atoms with E-state index in [-0.39, 0.29) is 0 Å². The number of methoxy groups -OCH3 is 1. The molecule has 0 saturated carbocycles. The average molecular weight is 351 g/mol. The lowest BCUT2D eigenvalue weighted by Gasteiger charge is -2.11. The first-order valence-corrected chi connectivity index (χ1v) is 7.17. The molecule has 5 heteroatoms. The molecule has 0 heterocycles. The largest absolute Gasteiger partial charge is 0.493 e. The van der Waals surface area contributed by atoms with Crippen LogP contribution in [0.2, 0.25) is 0 Å². The number of hydrogen-bond acceptors (Lipinski definition) is 4. The number of rotatable bonds is 7. The fraction of sp³-hybridized carbons (Fsp3) is 0.188. The lowest BCUT2D eigenvalue weighted by molar-refractivity contribution is 0.112. The van der Waals surface area contributed by atoms with Crippen LogP contribution in [0.4, 0.5) is 0 Å². The van der Waals surface area contributed by atoms with Crippen molar-refractivity contribution in [3.05, 3.63) is 52.5 Å². The summed E-state index contributed by atoms with van der Waals surface area (Å²) in [7, 11) is 1.60. The third-order valence-corrected chi connectivity index (χ3v) is 3.50. The molecule has 0 bridgehead atoms. The number of halogens is 1. The zero-order valence-corrected chi connectivity index (χ0v) is 13.1. The van der Waals surface area contributed by atoms with Gasteiger partial charge in [-0.15, -0.1) is 0 Å². The number of ether oxygens (including phenoxy) is 3. The van der Waals surface area contributed by atoms with Crippen molar-refractivity contribution in [2.75, 3.05) is 20.3 Å². The fourth-order valence-corrected chi connectivity index (χ4v) is 2.09. The van der Waals surface area contributed by atoms with E-state index in [0.717, 1.165) is 10.8 Å². The highest BCUT2D eigenvalue weighted by atomic mass is 79.9. The minimum Gasteiger partial charge on any atom is -0.493 e. The minimum absolute atomic E-state index is 0.373. The molecule has 2 rings (SSSR count). The van der Waals surface area contributed by atoms with Crippen molar-refractivity contribution < 1.29 is 19.0 Å². The highest BCUT2D eigenvalue weighted by Gasteiger charge is 2.04. The van der Waals surface area contributed by atoms with Crippen molar-refractivity contribution in [2.45, 2.75) is 0 Å². The van der Waals surface area contributed by atoms with Gasteiger partial charge in [0.25, 0.3) is 0 Å². The fourth-order valence-electron chi connectivity index (χ4n) is 1.75. The molecule has 110 valence electrons. The summed E-state index contributed by atoms with van der Waals surface area (Å²) in [4.78, 5) is 10.8. The Labute approximate surface area is 131 Å². The molecule has 0 spiro atoms. The van der Waals surface area contributed by atoms with E-state index < -0.39 is 0 Å². The molecule has 0 saturated heterocycles. The molecule has 0 radical (unpaired) electrons. The number of benzene rings is 2. The molecule has 0 fully saturated rings. The zero-order chi connectivity index (χ0) is 15.1. The van der Waals surface area contributed by atoms with Gasteiger partial charge in [0.2, 0.25) is 0 Å². The molecule has 21 heavy (non-hydrogen) atoms. The number of carbonyl (C=O) groups is 1. The van der Waals surface area contributed by atoms with Crippen LogP contribution in [0.1, 0.15) is 10.4 Å². The van der Waals surface area contributed by atoms with E-state index in [1.807, 2.05) is 24.3 Å². The summed E-state index contributed by atoms with van der Waals surface area (Å²) < 4.78 is 17.1. The Morgan fingerprint density at radius 2 is 1.76 bits per heavy atom. The van der Waals surface area contributed by atoms with Crippen LogP contribution in [0.3, 0.4) is 0 Å². The van der Waals surface area contributed by atoms with E-state index >= 15 is 0 Å². The summed E-state index contributed by atoms with van der Waals surface area (Å²) in [5.74, 6) is 1.99. The molecule has 0 aliphatic carbocycles. The van der Waals surface area contributed by atoms with Crippen LogP contribution in [-0.4, -0.2) is 26.6 Å². The van der Waals surface area contributed by atoms with Crippen molar-refractivity contribution in [3.8, 4) is 17.2 Å². The van der Waals surface area contributed by atoms with Crippen LogP contribution < -0.4 is 14.2 Å². The first kappa shape index (κ1) is 15.4. The van der Waals surface area contributed by atoms with E-state index in [9.17, 15) is 4.79 Å². The van der Waals surface area contributed by atoms with Crippen molar-refractivity contribution in [1.82, 2.24) is 0 Å². The van der Waals surface area contributed by atoms with Crippen LogP contribution in [0.15, 0.2) is 46.9 Å². The Morgan fingerprint density at radius 3 is 2.48 bits per heavy atom. The molecule has 0 unspecified atom stereocenters. The van der Waals surface area contributed by atoms with Gasteiger partial charge in [-0.25, -0.2) is 0 Å². The highest BCUT2D eigenvalue weighted by molar-refractivity contribution is 9.10. The monoisotopic (exact) mass is 350 g/mol. The topological polar surface area (TPSA) is 44.8 Å². The Kier molecular flexibility index (Phi) is 5.63. The van der Waals surface area contributed by atoms with Gasteiger partial charge in [-0.1, -0.05) is 28.1 Å². The number of para-hydroxylation sites is 2. The second-order valence-corrected chi connectivity index (χ2v) is 5.00. The minimum atomic E-state index is 0.373. The maximum atomic E-state index is 10.8. The van der Waals surface area contributed by atoms with Crippen molar-refractivity contribution in [1.29, 1.82) is 0 Å². The molecule has 0 N–H and O–H groups in total. The first-order chi connectivity index (χ1) is 10.2. The summed E-state index contributed by atoms with van der Waals surface area (Å²) in [6.45, 7) is 0.755. The molecule has 2 aromatic rings. The molecule has 0 amide bonds. The van der Waals surface area contributed by atoms with Gasteiger partial charge >= 0.3 is 0 Å². The SMILES string of the molecule is COc1ccccc1OCCOc1ccc(Br)c(C=O)c1. The molecule has 0 aromatic heterocycles.